The number of fused-ring (bicyclic) bond motifs is 1. The number of nitrogens with zero attached hydrogens (tertiary/aromatic N) is 1. The molecule has 0 amide bonds. The van der Waals surface area contributed by atoms with Gasteiger partial charge in [-0.25, -0.2) is 4.98 Å². The van der Waals surface area contributed by atoms with Crippen LogP contribution in [0.5, 0.6) is 0 Å². The van der Waals surface area contributed by atoms with Gasteiger partial charge in [0.15, 0.2) is 0 Å². The second kappa shape index (κ2) is 5.43. The summed E-state index contributed by atoms with van der Waals surface area (Å²) in [5.74, 6) is 0. The van der Waals surface area contributed by atoms with Crippen LogP contribution in [0.4, 0.5) is 0 Å². The third-order valence-electron chi connectivity index (χ3n) is 3.30. The number of benzene rings is 2. The molecule has 0 bridgehead atoms. The molecule has 1 heterocycles. The third kappa shape index (κ3) is 2.52. The standard InChI is InChI=1S/C17H13Cl2N/c1-11-7-8-15-13(9-11)14(17(18)19)10-16(20-15)12-5-3-2-4-6-12/h2-10,17H,1H3. The molecular formula is C17H13Cl2N. The zero-order valence-corrected chi connectivity index (χ0v) is 12.5. The molecule has 3 heteroatoms. The minimum atomic E-state index is -0.565. The van der Waals surface area contributed by atoms with E-state index in [-0.39, 0.29) is 0 Å². The van der Waals surface area contributed by atoms with Gasteiger partial charge < -0.3 is 0 Å². The highest BCUT2D eigenvalue weighted by Gasteiger charge is 2.12. The van der Waals surface area contributed by atoms with Crippen molar-refractivity contribution in [3.05, 3.63) is 65.7 Å². The Labute approximate surface area is 128 Å². The molecule has 0 aliphatic carbocycles. The molecule has 0 radical (unpaired) electrons. The molecule has 0 saturated heterocycles. The summed E-state index contributed by atoms with van der Waals surface area (Å²) in [5, 5.41) is 1.01. The van der Waals surface area contributed by atoms with E-state index in [1.807, 2.05) is 55.5 Å². The van der Waals surface area contributed by atoms with E-state index in [0.717, 1.165) is 27.7 Å². The van der Waals surface area contributed by atoms with Gasteiger partial charge in [0.2, 0.25) is 0 Å². The van der Waals surface area contributed by atoms with Crippen LogP contribution >= 0.6 is 23.2 Å². The summed E-state index contributed by atoms with van der Waals surface area (Å²) in [5.41, 5.74) is 4.94. The zero-order chi connectivity index (χ0) is 14.1. The van der Waals surface area contributed by atoms with Gasteiger partial charge in [-0.15, -0.1) is 23.2 Å². The Kier molecular flexibility index (Phi) is 3.64. The maximum Gasteiger partial charge on any atom is 0.133 e. The molecule has 20 heavy (non-hydrogen) atoms. The molecule has 0 spiro atoms. The predicted molar refractivity (Wildman–Crippen MR) is 86.4 cm³/mol. The van der Waals surface area contributed by atoms with Crippen LogP contribution in [0.1, 0.15) is 16.0 Å². The van der Waals surface area contributed by atoms with Crippen LogP contribution in [0.25, 0.3) is 22.2 Å². The van der Waals surface area contributed by atoms with E-state index >= 15 is 0 Å². The number of aromatic nitrogens is 1. The molecule has 0 aliphatic heterocycles. The van der Waals surface area contributed by atoms with Crippen molar-refractivity contribution in [3.63, 3.8) is 0 Å². The summed E-state index contributed by atoms with van der Waals surface area (Å²) >= 11 is 12.3. The van der Waals surface area contributed by atoms with E-state index < -0.39 is 4.84 Å². The van der Waals surface area contributed by atoms with Crippen molar-refractivity contribution in [1.82, 2.24) is 4.98 Å². The second-order valence-corrected chi connectivity index (χ2v) is 5.88. The SMILES string of the molecule is Cc1ccc2nc(-c3ccccc3)cc(C(Cl)Cl)c2c1. The molecule has 3 aromatic rings. The van der Waals surface area contributed by atoms with Crippen LogP contribution in [-0.4, -0.2) is 4.98 Å². The first-order chi connectivity index (χ1) is 9.65. The third-order valence-corrected chi connectivity index (χ3v) is 3.77. The van der Waals surface area contributed by atoms with Gasteiger partial charge in [0, 0.05) is 10.9 Å². The first-order valence-electron chi connectivity index (χ1n) is 6.40. The molecule has 0 fully saturated rings. The van der Waals surface area contributed by atoms with Gasteiger partial charge in [0.05, 0.1) is 11.2 Å². The van der Waals surface area contributed by atoms with Crippen molar-refractivity contribution in [1.29, 1.82) is 0 Å². The van der Waals surface area contributed by atoms with Gasteiger partial charge in [-0.05, 0) is 30.7 Å². The Morgan fingerprint density at radius 1 is 0.950 bits per heavy atom. The minimum Gasteiger partial charge on any atom is -0.248 e. The molecule has 100 valence electrons. The average Bonchev–Trinajstić information content (AvgIpc) is 2.47. The predicted octanol–water partition coefficient (Wildman–Crippen LogP) is 5.69. The highest BCUT2D eigenvalue weighted by Crippen LogP contribution is 2.34. The average molecular weight is 302 g/mol. The number of pyridine rings is 1. The Morgan fingerprint density at radius 2 is 1.70 bits per heavy atom. The fourth-order valence-corrected chi connectivity index (χ4v) is 2.66. The lowest BCUT2D eigenvalue weighted by molar-refractivity contribution is 1.31. The minimum absolute atomic E-state index is 0.565. The Morgan fingerprint density at radius 3 is 2.40 bits per heavy atom. The summed E-state index contributed by atoms with van der Waals surface area (Å²) in [6.45, 7) is 2.05. The van der Waals surface area contributed by atoms with Gasteiger partial charge in [-0.1, -0.05) is 42.0 Å². The van der Waals surface area contributed by atoms with E-state index in [4.69, 9.17) is 28.2 Å². The molecule has 2 aromatic carbocycles. The Hall–Kier alpha value is -1.57. The van der Waals surface area contributed by atoms with Gasteiger partial charge in [0.25, 0.3) is 0 Å². The van der Waals surface area contributed by atoms with E-state index in [1.54, 1.807) is 0 Å². The van der Waals surface area contributed by atoms with Crippen molar-refractivity contribution >= 4 is 34.1 Å². The fourth-order valence-electron chi connectivity index (χ4n) is 2.30. The van der Waals surface area contributed by atoms with E-state index in [0.29, 0.717) is 0 Å². The van der Waals surface area contributed by atoms with Crippen LogP contribution in [-0.2, 0) is 0 Å². The molecular weight excluding hydrogens is 289 g/mol. The van der Waals surface area contributed by atoms with Crippen molar-refractivity contribution in [3.8, 4) is 11.3 Å². The van der Waals surface area contributed by atoms with Crippen molar-refractivity contribution in [2.45, 2.75) is 11.8 Å². The Bertz CT molecular complexity index is 752. The van der Waals surface area contributed by atoms with Crippen LogP contribution in [0.3, 0.4) is 0 Å². The number of rotatable bonds is 2. The highest BCUT2D eigenvalue weighted by molar-refractivity contribution is 6.44. The topological polar surface area (TPSA) is 12.9 Å². The molecule has 0 atom stereocenters. The van der Waals surface area contributed by atoms with Gasteiger partial charge >= 0.3 is 0 Å². The number of alkyl halides is 2. The first-order valence-corrected chi connectivity index (χ1v) is 7.27. The second-order valence-electron chi connectivity index (χ2n) is 4.78. The highest BCUT2D eigenvalue weighted by atomic mass is 35.5. The first kappa shape index (κ1) is 13.4. The van der Waals surface area contributed by atoms with Crippen LogP contribution in [0, 0.1) is 6.92 Å². The normalized spacial score (nSPS) is 11.2. The van der Waals surface area contributed by atoms with Gasteiger partial charge in [-0.2, -0.15) is 0 Å². The monoisotopic (exact) mass is 301 g/mol. The summed E-state index contributed by atoms with van der Waals surface area (Å²) in [7, 11) is 0. The van der Waals surface area contributed by atoms with Crippen LogP contribution < -0.4 is 0 Å². The summed E-state index contributed by atoms with van der Waals surface area (Å²) in [6, 6.07) is 18.1. The smallest absolute Gasteiger partial charge is 0.133 e. The lowest BCUT2D eigenvalue weighted by Crippen LogP contribution is -1.93. The molecule has 3 rings (SSSR count). The molecule has 1 aromatic heterocycles. The molecule has 0 saturated carbocycles. The molecule has 0 unspecified atom stereocenters. The van der Waals surface area contributed by atoms with E-state index in [1.165, 1.54) is 5.56 Å². The summed E-state index contributed by atoms with van der Waals surface area (Å²) in [6.07, 6.45) is 0. The summed E-state index contributed by atoms with van der Waals surface area (Å²) in [4.78, 5) is 4.15. The molecule has 1 nitrogen and oxygen atoms in total. The number of halogens is 2. The maximum atomic E-state index is 6.13. The number of aryl methyl sites for hydroxylation is 1. The van der Waals surface area contributed by atoms with E-state index in [2.05, 4.69) is 6.07 Å². The van der Waals surface area contributed by atoms with Crippen LogP contribution in [0.15, 0.2) is 54.6 Å². The molecule has 0 aliphatic rings. The summed E-state index contributed by atoms with van der Waals surface area (Å²) < 4.78 is 0. The van der Waals surface area contributed by atoms with Crippen molar-refractivity contribution in [2.75, 3.05) is 0 Å². The van der Waals surface area contributed by atoms with Crippen molar-refractivity contribution < 1.29 is 0 Å². The lowest BCUT2D eigenvalue weighted by Gasteiger charge is -2.11. The molecule has 0 N–H and O–H groups in total. The van der Waals surface area contributed by atoms with E-state index in [9.17, 15) is 0 Å². The number of hydrogen-bond acceptors (Lipinski definition) is 1. The number of hydrogen-bond donors (Lipinski definition) is 0. The fraction of sp³-hybridized carbons (Fsp3) is 0.118. The van der Waals surface area contributed by atoms with Crippen LogP contribution in [0.2, 0.25) is 0 Å². The Balaban J connectivity index is 2.29. The van der Waals surface area contributed by atoms with Gasteiger partial charge in [0.1, 0.15) is 4.84 Å². The zero-order valence-electron chi connectivity index (χ0n) is 11.0. The largest absolute Gasteiger partial charge is 0.248 e. The maximum absolute atomic E-state index is 6.13. The quantitative estimate of drug-likeness (QED) is 0.554. The lowest BCUT2D eigenvalue weighted by atomic mass is 10.0. The van der Waals surface area contributed by atoms with Gasteiger partial charge in [-0.3, -0.25) is 0 Å². The van der Waals surface area contributed by atoms with Crippen molar-refractivity contribution in [2.24, 2.45) is 0 Å².